The largest absolute Gasteiger partial charge is 0.511 e. The van der Waals surface area contributed by atoms with Gasteiger partial charge in [0.05, 0.1) is 0 Å². The summed E-state index contributed by atoms with van der Waals surface area (Å²) in [5, 5.41) is 0.678. The van der Waals surface area contributed by atoms with E-state index in [4.69, 9.17) is 15.2 Å². The zero-order chi connectivity index (χ0) is 23.7. The summed E-state index contributed by atoms with van der Waals surface area (Å²) in [6, 6.07) is 0. The lowest BCUT2D eigenvalue weighted by molar-refractivity contribution is -0.308. The van der Waals surface area contributed by atoms with E-state index in [1.807, 2.05) is 13.8 Å². The Morgan fingerprint density at radius 3 is 1.77 bits per heavy atom. The number of ether oxygens (including phenoxy) is 2. The molecular weight excluding hydrogens is 441 g/mol. The lowest BCUT2D eigenvalue weighted by Crippen LogP contribution is -2.35. The molecule has 0 saturated heterocycles. The molecule has 0 aliphatic heterocycles. The highest BCUT2D eigenvalue weighted by Gasteiger charge is 2.30. The van der Waals surface area contributed by atoms with Gasteiger partial charge in [-0.15, -0.1) is 14.1 Å². The molecule has 0 aromatic carbocycles. The molecular formula is C16H30N3O11P. The molecule has 0 unspecified atom stereocenters. The SMILES string of the molecule is CCCCC(=O)OCOOP(=O)(/N=C(/N)N(C)OC(C)=O)OOCOC(=O)CCCC. The quantitative estimate of drug-likeness (QED) is 0.0537. The van der Waals surface area contributed by atoms with Gasteiger partial charge in [0, 0.05) is 26.8 Å². The topological polar surface area (TPSA) is 175 Å². The van der Waals surface area contributed by atoms with Gasteiger partial charge in [-0.05, 0) is 12.8 Å². The van der Waals surface area contributed by atoms with Gasteiger partial charge in [-0.25, -0.2) is 4.57 Å². The van der Waals surface area contributed by atoms with Gasteiger partial charge in [0.1, 0.15) is 0 Å². The smallest absolute Gasteiger partial charge is 0.435 e. The molecule has 31 heavy (non-hydrogen) atoms. The lowest BCUT2D eigenvalue weighted by Gasteiger charge is -2.17. The number of hydroxylamine groups is 2. The first-order valence-corrected chi connectivity index (χ1v) is 10.9. The van der Waals surface area contributed by atoms with Gasteiger partial charge in [-0.1, -0.05) is 26.7 Å². The summed E-state index contributed by atoms with van der Waals surface area (Å²) < 4.78 is 34.5. The number of nitrogens with two attached hydrogens (primary N) is 1. The summed E-state index contributed by atoms with van der Waals surface area (Å²) in [4.78, 5) is 47.5. The van der Waals surface area contributed by atoms with E-state index in [0.29, 0.717) is 17.9 Å². The number of rotatable bonds is 15. The molecule has 0 aliphatic rings. The van der Waals surface area contributed by atoms with Crippen LogP contribution in [0.15, 0.2) is 4.76 Å². The Labute approximate surface area is 180 Å². The van der Waals surface area contributed by atoms with Crippen LogP contribution < -0.4 is 5.73 Å². The Hall–Kier alpha value is -2.25. The maximum absolute atomic E-state index is 12.6. The number of carbonyl (C=O) groups is 3. The Morgan fingerprint density at radius 2 is 1.39 bits per heavy atom. The molecule has 0 radical (unpaired) electrons. The summed E-state index contributed by atoms with van der Waals surface area (Å²) in [6.45, 7) is 3.45. The van der Waals surface area contributed by atoms with E-state index in [-0.39, 0.29) is 12.8 Å². The molecule has 14 nitrogen and oxygen atoms in total. The number of guanidine groups is 1. The molecule has 0 rings (SSSR count). The second kappa shape index (κ2) is 16.4. The first-order valence-electron chi connectivity index (χ1n) is 9.45. The minimum absolute atomic E-state index is 0.165. The van der Waals surface area contributed by atoms with Gasteiger partial charge in [-0.3, -0.25) is 14.4 Å². The number of esters is 2. The molecule has 0 aliphatic carbocycles. The molecule has 2 N–H and O–H groups in total. The first-order chi connectivity index (χ1) is 14.6. The van der Waals surface area contributed by atoms with Crippen LogP contribution in [0.25, 0.3) is 0 Å². The number of nitrogens with zero attached hydrogens (tertiary/aromatic N) is 2. The van der Waals surface area contributed by atoms with E-state index < -0.39 is 45.2 Å². The number of unbranched alkanes of at least 4 members (excludes halogenated alkanes) is 2. The van der Waals surface area contributed by atoms with Crippen LogP contribution in [0.1, 0.15) is 59.3 Å². The average Bonchev–Trinajstić information content (AvgIpc) is 2.70. The highest BCUT2D eigenvalue weighted by Crippen LogP contribution is 2.50. The summed E-state index contributed by atoms with van der Waals surface area (Å²) >= 11 is 0. The van der Waals surface area contributed by atoms with Crippen molar-refractivity contribution in [2.24, 2.45) is 10.5 Å². The van der Waals surface area contributed by atoms with E-state index in [9.17, 15) is 18.9 Å². The van der Waals surface area contributed by atoms with E-state index in [1.165, 1.54) is 7.05 Å². The summed E-state index contributed by atoms with van der Waals surface area (Å²) in [5.41, 5.74) is 5.55. The Balaban J connectivity index is 4.83. The van der Waals surface area contributed by atoms with Gasteiger partial charge in [0.2, 0.25) is 19.5 Å². The number of hydrogen-bond donors (Lipinski definition) is 1. The minimum Gasteiger partial charge on any atom is -0.435 e. The number of carbonyl (C=O) groups excluding carboxylic acids is 3. The van der Waals surface area contributed by atoms with Crippen molar-refractivity contribution in [3.8, 4) is 0 Å². The molecule has 0 aromatic rings. The molecule has 0 atom stereocenters. The van der Waals surface area contributed by atoms with Crippen LogP contribution in [0.3, 0.4) is 0 Å². The Morgan fingerprint density at radius 1 is 0.935 bits per heavy atom. The monoisotopic (exact) mass is 471 g/mol. The fourth-order valence-electron chi connectivity index (χ4n) is 1.62. The van der Waals surface area contributed by atoms with Crippen LogP contribution in [0, 0.1) is 0 Å². The summed E-state index contributed by atoms with van der Waals surface area (Å²) in [5.74, 6) is -2.46. The fourth-order valence-corrected chi connectivity index (χ4v) is 2.44. The van der Waals surface area contributed by atoms with E-state index in [2.05, 4.69) is 28.7 Å². The van der Waals surface area contributed by atoms with Crippen molar-refractivity contribution in [3.05, 3.63) is 0 Å². The number of hydrogen-bond acceptors (Lipinski definition) is 11. The lowest BCUT2D eigenvalue weighted by atomic mass is 10.3. The van der Waals surface area contributed by atoms with Gasteiger partial charge < -0.3 is 20.0 Å². The van der Waals surface area contributed by atoms with Crippen molar-refractivity contribution in [3.63, 3.8) is 0 Å². The van der Waals surface area contributed by atoms with Gasteiger partial charge in [-0.2, -0.15) is 14.8 Å². The van der Waals surface area contributed by atoms with Crippen LogP contribution in [-0.4, -0.2) is 49.6 Å². The second-order valence-electron chi connectivity index (χ2n) is 5.87. The summed E-state index contributed by atoms with van der Waals surface area (Å²) in [6.07, 6.45) is 3.15. The van der Waals surface area contributed by atoms with Crippen molar-refractivity contribution in [2.75, 3.05) is 20.6 Å². The highest BCUT2D eigenvalue weighted by atomic mass is 31.2. The fraction of sp³-hybridized carbons (Fsp3) is 0.750. The molecule has 0 saturated carbocycles. The van der Waals surface area contributed by atoms with Crippen molar-refractivity contribution in [1.29, 1.82) is 0 Å². The third-order valence-corrected chi connectivity index (χ3v) is 4.15. The average molecular weight is 471 g/mol. The maximum atomic E-state index is 12.6. The van der Waals surface area contributed by atoms with Crippen LogP contribution in [0.5, 0.6) is 0 Å². The van der Waals surface area contributed by atoms with Crippen LogP contribution >= 0.6 is 7.75 Å². The van der Waals surface area contributed by atoms with Crippen LogP contribution in [0.2, 0.25) is 0 Å². The van der Waals surface area contributed by atoms with Crippen molar-refractivity contribution < 1.29 is 52.4 Å². The van der Waals surface area contributed by atoms with E-state index >= 15 is 0 Å². The first kappa shape index (κ1) is 28.8. The van der Waals surface area contributed by atoms with Crippen LogP contribution in [-0.2, 0) is 52.4 Å². The van der Waals surface area contributed by atoms with Crippen LogP contribution in [0.4, 0.5) is 0 Å². The minimum atomic E-state index is -4.63. The normalized spacial score (nSPS) is 11.7. The molecule has 0 amide bonds. The van der Waals surface area contributed by atoms with Crippen molar-refractivity contribution in [1.82, 2.24) is 5.06 Å². The molecule has 0 bridgehead atoms. The molecule has 0 aromatic heterocycles. The predicted octanol–water partition coefficient (Wildman–Crippen LogP) is 2.10. The van der Waals surface area contributed by atoms with Crippen molar-refractivity contribution >= 4 is 31.6 Å². The standard InChI is InChI=1S/C16H30N3O11P/c1-5-7-9-14(21)24-11-26-29-31(23,18-16(17)19(4)28-13(3)20)30-27-12-25-15(22)10-8-6-2/h5-12H2,1-4H3,(H2,17,18,23). The Kier molecular flexibility index (Phi) is 15.3. The summed E-state index contributed by atoms with van der Waals surface area (Å²) in [7, 11) is -3.44. The molecule has 0 heterocycles. The van der Waals surface area contributed by atoms with Gasteiger partial charge >= 0.3 is 25.7 Å². The zero-order valence-corrected chi connectivity index (χ0v) is 19.0. The second-order valence-corrected chi connectivity index (χ2v) is 7.30. The zero-order valence-electron chi connectivity index (χ0n) is 18.1. The van der Waals surface area contributed by atoms with E-state index in [1.54, 1.807) is 0 Å². The van der Waals surface area contributed by atoms with Gasteiger partial charge in [0.25, 0.3) is 0 Å². The predicted molar refractivity (Wildman–Crippen MR) is 104 cm³/mol. The molecule has 0 spiro atoms. The molecule has 0 fully saturated rings. The van der Waals surface area contributed by atoms with E-state index in [0.717, 1.165) is 19.8 Å². The molecule has 180 valence electrons. The molecule has 15 heteroatoms. The third kappa shape index (κ3) is 15.2. The van der Waals surface area contributed by atoms with Gasteiger partial charge in [0.15, 0.2) is 0 Å². The maximum Gasteiger partial charge on any atom is 0.511 e. The Bertz CT molecular complexity index is 612. The highest BCUT2D eigenvalue weighted by molar-refractivity contribution is 7.52. The third-order valence-electron chi connectivity index (χ3n) is 3.11. The van der Waals surface area contributed by atoms with Crippen molar-refractivity contribution in [2.45, 2.75) is 59.3 Å².